The van der Waals surface area contributed by atoms with Gasteiger partial charge in [0, 0.05) is 12.1 Å². The maximum atomic E-state index is 13.8. The lowest BCUT2D eigenvalue weighted by Crippen LogP contribution is -2.06. The molecule has 0 aromatic heterocycles. The SMILES string of the molecule is CNCc1ccc(C2=CC=CC2)c(NSc2c(F)cccc2F)c1. The van der Waals surface area contributed by atoms with E-state index in [1.54, 1.807) is 0 Å². The molecule has 1 aliphatic rings. The summed E-state index contributed by atoms with van der Waals surface area (Å²) < 4.78 is 30.8. The van der Waals surface area contributed by atoms with Crippen molar-refractivity contribution >= 4 is 23.2 Å². The average molecular weight is 344 g/mol. The van der Waals surface area contributed by atoms with Crippen molar-refractivity contribution in [2.75, 3.05) is 11.8 Å². The zero-order chi connectivity index (χ0) is 16.9. The Morgan fingerprint density at radius 2 is 1.92 bits per heavy atom. The molecule has 2 N–H and O–H groups in total. The minimum absolute atomic E-state index is 0.0269. The first-order valence-corrected chi connectivity index (χ1v) is 8.51. The van der Waals surface area contributed by atoms with Gasteiger partial charge in [0.25, 0.3) is 0 Å². The molecule has 0 radical (unpaired) electrons. The predicted molar refractivity (Wildman–Crippen MR) is 96.8 cm³/mol. The predicted octanol–water partition coefficient (Wildman–Crippen LogP) is 5.15. The molecule has 0 saturated heterocycles. The molecule has 0 spiro atoms. The summed E-state index contributed by atoms with van der Waals surface area (Å²) >= 11 is 0.958. The number of rotatable bonds is 6. The lowest BCUT2D eigenvalue weighted by molar-refractivity contribution is 0.541. The molecule has 5 heteroatoms. The van der Waals surface area contributed by atoms with Crippen molar-refractivity contribution in [3.63, 3.8) is 0 Å². The van der Waals surface area contributed by atoms with E-state index in [0.29, 0.717) is 0 Å². The third-order valence-corrected chi connectivity index (χ3v) is 4.68. The summed E-state index contributed by atoms with van der Waals surface area (Å²) in [4.78, 5) is -0.0269. The zero-order valence-electron chi connectivity index (χ0n) is 13.3. The number of hydrogen-bond donors (Lipinski definition) is 2. The molecular formula is C19H18F2N2S. The van der Waals surface area contributed by atoms with Crippen LogP contribution in [0.15, 0.2) is 59.5 Å². The second-order valence-electron chi connectivity index (χ2n) is 5.49. The van der Waals surface area contributed by atoms with E-state index in [1.807, 2.05) is 25.3 Å². The van der Waals surface area contributed by atoms with Crippen LogP contribution < -0.4 is 10.0 Å². The molecule has 24 heavy (non-hydrogen) atoms. The van der Waals surface area contributed by atoms with Crippen LogP contribution in [-0.2, 0) is 6.54 Å². The molecule has 0 atom stereocenters. The standard InChI is InChI=1S/C19H18F2N2S/c1-22-12-13-9-10-15(14-5-2-3-6-14)18(11-13)23-24-19-16(20)7-4-8-17(19)21/h2-5,7-11,22-23H,6,12H2,1H3. The Morgan fingerprint density at radius 3 is 2.58 bits per heavy atom. The Balaban J connectivity index is 1.88. The molecule has 0 aliphatic heterocycles. The first-order chi connectivity index (χ1) is 11.7. The van der Waals surface area contributed by atoms with Crippen LogP contribution in [0.5, 0.6) is 0 Å². The first kappa shape index (κ1) is 16.7. The van der Waals surface area contributed by atoms with Gasteiger partial charge in [0.2, 0.25) is 0 Å². The topological polar surface area (TPSA) is 24.1 Å². The third kappa shape index (κ3) is 3.68. The van der Waals surface area contributed by atoms with Gasteiger partial charge in [0.15, 0.2) is 0 Å². The molecule has 0 bridgehead atoms. The summed E-state index contributed by atoms with van der Waals surface area (Å²) in [6.45, 7) is 0.727. The lowest BCUT2D eigenvalue weighted by Gasteiger charge is -2.15. The normalized spacial score (nSPS) is 13.2. The Labute approximate surface area is 144 Å². The van der Waals surface area contributed by atoms with Crippen LogP contribution in [0.1, 0.15) is 17.5 Å². The van der Waals surface area contributed by atoms with Gasteiger partial charge in [-0.25, -0.2) is 8.78 Å². The second-order valence-corrected chi connectivity index (χ2v) is 6.31. The maximum absolute atomic E-state index is 13.8. The van der Waals surface area contributed by atoms with Gasteiger partial charge < -0.3 is 10.0 Å². The highest BCUT2D eigenvalue weighted by Crippen LogP contribution is 2.34. The van der Waals surface area contributed by atoms with Crippen molar-refractivity contribution in [2.45, 2.75) is 17.9 Å². The van der Waals surface area contributed by atoms with Crippen LogP contribution in [0.4, 0.5) is 14.5 Å². The van der Waals surface area contributed by atoms with Crippen LogP contribution in [0, 0.1) is 11.6 Å². The summed E-state index contributed by atoms with van der Waals surface area (Å²) in [6, 6.07) is 10.00. The molecule has 2 aromatic rings. The number of halogens is 2. The van der Waals surface area contributed by atoms with Gasteiger partial charge in [0.1, 0.15) is 11.6 Å². The van der Waals surface area contributed by atoms with E-state index in [9.17, 15) is 8.78 Å². The Bertz CT molecular complexity index is 780. The number of benzene rings is 2. The average Bonchev–Trinajstić information content (AvgIpc) is 3.09. The molecule has 2 aromatic carbocycles. The van der Waals surface area contributed by atoms with Gasteiger partial charge in [-0.15, -0.1) is 0 Å². The molecule has 0 amide bonds. The first-order valence-electron chi connectivity index (χ1n) is 7.69. The van der Waals surface area contributed by atoms with E-state index < -0.39 is 11.6 Å². The van der Waals surface area contributed by atoms with E-state index in [-0.39, 0.29) is 4.90 Å². The Kier molecular flexibility index (Phi) is 5.33. The van der Waals surface area contributed by atoms with Crippen LogP contribution >= 0.6 is 11.9 Å². The third-order valence-electron chi connectivity index (χ3n) is 3.76. The fourth-order valence-electron chi connectivity index (χ4n) is 2.60. The highest BCUT2D eigenvalue weighted by atomic mass is 32.2. The maximum Gasteiger partial charge on any atom is 0.141 e. The summed E-state index contributed by atoms with van der Waals surface area (Å²) in [5.41, 5.74) is 4.18. The number of allylic oxidation sites excluding steroid dienone is 4. The molecule has 0 unspecified atom stereocenters. The molecule has 0 heterocycles. The molecule has 2 nitrogen and oxygen atoms in total. The van der Waals surface area contributed by atoms with Crippen molar-refractivity contribution in [1.82, 2.24) is 5.32 Å². The number of anilines is 1. The van der Waals surface area contributed by atoms with E-state index in [2.05, 4.69) is 28.3 Å². The molecular weight excluding hydrogens is 326 g/mol. The van der Waals surface area contributed by atoms with Crippen LogP contribution in [0.3, 0.4) is 0 Å². The highest BCUT2D eigenvalue weighted by molar-refractivity contribution is 8.00. The molecule has 0 fully saturated rings. The van der Waals surface area contributed by atoms with Crippen molar-refractivity contribution in [3.8, 4) is 0 Å². The fourth-order valence-corrected chi connectivity index (χ4v) is 3.31. The number of hydrogen-bond acceptors (Lipinski definition) is 3. The van der Waals surface area contributed by atoms with Crippen LogP contribution in [0.2, 0.25) is 0 Å². The second kappa shape index (κ2) is 7.64. The van der Waals surface area contributed by atoms with Crippen molar-refractivity contribution in [3.05, 3.63) is 77.4 Å². The summed E-state index contributed by atoms with van der Waals surface area (Å²) in [7, 11) is 1.88. The van der Waals surface area contributed by atoms with Gasteiger partial charge in [-0.2, -0.15) is 0 Å². The summed E-state index contributed by atoms with van der Waals surface area (Å²) in [5.74, 6) is -1.13. The minimum Gasteiger partial charge on any atom is -0.325 e. The molecule has 1 aliphatic carbocycles. The van der Waals surface area contributed by atoms with Crippen LogP contribution in [-0.4, -0.2) is 7.05 Å². The van der Waals surface area contributed by atoms with Crippen molar-refractivity contribution in [1.29, 1.82) is 0 Å². The van der Waals surface area contributed by atoms with E-state index in [0.717, 1.165) is 41.7 Å². The van der Waals surface area contributed by atoms with E-state index in [1.165, 1.54) is 23.8 Å². The van der Waals surface area contributed by atoms with Gasteiger partial charge in [-0.05, 0) is 54.8 Å². The van der Waals surface area contributed by atoms with Gasteiger partial charge in [0.05, 0.1) is 10.6 Å². The number of nitrogens with one attached hydrogen (secondary N) is 2. The zero-order valence-corrected chi connectivity index (χ0v) is 14.1. The van der Waals surface area contributed by atoms with Gasteiger partial charge in [-0.3, -0.25) is 0 Å². The summed E-state index contributed by atoms with van der Waals surface area (Å²) in [5, 5.41) is 3.11. The minimum atomic E-state index is -0.567. The lowest BCUT2D eigenvalue weighted by atomic mass is 10.0. The monoisotopic (exact) mass is 344 g/mol. The quantitative estimate of drug-likeness (QED) is 0.709. The highest BCUT2D eigenvalue weighted by Gasteiger charge is 2.13. The molecule has 3 rings (SSSR count). The van der Waals surface area contributed by atoms with Gasteiger partial charge in [-0.1, -0.05) is 36.4 Å². The Morgan fingerprint density at radius 1 is 1.12 bits per heavy atom. The van der Waals surface area contributed by atoms with Crippen LogP contribution in [0.25, 0.3) is 5.57 Å². The van der Waals surface area contributed by atoms with Crippen molar-refractivity contribution in [2.24, 2.45) is 0 Å². The smallest absolute Gasteiger partial charge is 0.141 e. The molecule has 124 valence electrons. The summed E-state index contributed by atoms with van der Waals surface area (Å²) in [6.07, 6.45) is 7.03. The van der Waals surface area contributed by atoms with Crippen molar-refractivity contribution < 1.29 is 8.78 Å². The Hall–Kier alpha value is -2.11. The van der Waals surface area contributed by atoms with E-state index in [4.69, 9.17) is 0 Å². The molecule has 0 saturated carbocycles. The largest absolute Gasteiger partial charge is 0.325 e. The van der Waals surface area contributed by atoms with E-state index >= 15 is 0 Å². The van der Waals surface area contributed by atoms with Gasteiger partial charge >= 0.3 is 0 Å². The fraction of sp³-hybridized carbons (Fsp3) is 0.158.